The number of halogens is 1. The van der Waals surface area contributed by atoms with Crippen molar-refractivity contribution in [2.75, 3.05) is 14.2 Å². The van der Waals surface area contributed by atoms with Gasteiger partial charge in [-0.2, -0.15) is 0 Å². The van der Waals surface area contributed by atoms with E-state index < -0.39 is 0 Å². The van der Waals surface area contributed by atoms with E-state index in [1.807, 2.05) is 40.9 Å². The first-order chi connectivity index (χ1) is 9.71. The van der Waals surface area contributed by atoms with E-state index in [1.54, 1.807) is 14.2 Å². The molecule has 6 heteroatoms. The smallest absolute Gasteiger partial charge is 0.168 e. The first-order valence-corrected chi connectivity index (χ1v) is 6.74. The molecule has 20 heavy (non-hydrogen) atoms. The van der Waals surface area contributed by atoms with Crippen molar-refractivity contribution in [3.63, 3.8) is 0 Å². The third-order valence-corrected chi connectivity index (χ3v) is 3.44. The summed E-state index contributed by atoms with van der Waals surface area (Å²) < 4.78 is 13.4. The second-order valence-electron chi connectivity index (χ2n) is 4.20. The van der Waals surface area contributed by atoms with Crippen LogP contribution in [-0.2, 0) is 0 Å². The van der Waals surface area contributed by atoms with Gasteiger partial charge in [-0.1, -0.05) is 0 Å². The average Bonchev–Trinajstić information content (AvgIpc) is 2.89. The minimum absolute atomic E-state index is 0.714. The van der Waals surface area contributed by atoms with Gasteiger partial charge < -0.3 is 9.47 Å². The summed E-state index contributed by atoms with van der Waals surface area (Å²) in [5.74, 6) is 2.16. The molecule has 0 saturated carbocycles. The molecule has 2 heterocycles. The molecule has 0 bridgehead atoms. The number of ether oxygens (including phenoxy) is 2. The average molecular weight is 334 g/mol. The van der Waals surface area contributed by atoms with E-state index in [-0.39, 0.29) is 0 Å². The van der Waals surface area contributed by atoms with Crippen molar-refractivity contribution in [3.8, 4) is 22.9 Å². The standard InChI is InChI=1S/C14H12BrN3O2/c1-19-11-5-9(6-12(7-11)20-2)14-17-16-13-4-3-10(15)8-18(13)14/h3-8H,1-2H3. The molecule has 0 aliphatic carbocycles. The molecule has 0 unspecified atom stereocenters. The van der Waals surface area contributed by atoms with Crippen LogP contribution in [0.2, 0.25) is 0 Å². The van der Waals surface area contributed by atoms with Crippen molar-refractivity contribution in [1.82, 2.24) is 14.6 Å². The van der Waals surface area contributed by atoms with Crippen LogP contribution in [-0.4, -0.2) is 28.8 Å². The van der Waals surface area contributed by atoms with Crippen LogP contribution in [0.15, 0.2) is 41.0 Å². The third-order valence-electron chi connectivity index (χ3n) is 2.98. The number of nitrogens with zero attached hydrogens (tertiary/aromatic N) is 3. The lowest BCUT2D eigenvalue weighted by Gasteiger charge is -2.07. The Kier molecular flexibility index (Phi) is 3.31. The summed E-state index contributed by atoms with van der Waals surface area (Å²) in [4.78, 5) is 0. The Bertz CT molecular complexity index is 748. The van der Waals surface area contributed by atoms with Crippen molar-refractivity contribution >= 4 is 21.6 Å². The SMILES string of the molecule is COc1cc(OC)cc(-c2nnc3ccc(Br)cn23)c1. The molecule has 0 amide bonds. The lowest BCUT2D eigenvalue weighted by molar-refractivity contribution is 0.394. The van der Waals surface area contributed by atoms with Gasteiger partial charge >= 0.3 is 0 Å². The minimum atomic E-state index is 0.714. The van der Waals surface area contributed by atoms with Crippen LogP contribution >= 0.6 is 15.9 Å². The molecule has 102 valence electrons. The summed E-state index contributed by atoms with van der Waals surface area (Å²) in [7, 11) is 3.24. The molecule has 0 aliphatic rings. The summed E-state index contributed by atoms with van der Waals surface area (Å²) in [6, 6.07) is 9.46. The molecule has 5 nitrogen and oxygen atoms in total. The fourth-order valence-electron chi connectivity index (χ4n) is 2.00. The van der Waals surface area contributed by atoms with Crippen LogP contribution in [0.3, 0.4) is 0 Å². The molecule has 3 rings (SSSR count). The second-order valence-corrected chi connectivity index (χ2v) is 5.12. The maximum absolute atomic E-state index is 5.28. The summed E-state index contributed by atoms with van der Waals surface area (Å²) >= 11 is 3.45. The van der Waals surface area contributed by atoms with E-state index >= 15 is 0 Å². The molecule has 1 aromatic carbocycles. The lowest BCUT2D eigenvalue weighted by atomic mass is 10.2. The topological polar surface area (TPSA) is 48.7 Å². The number of pyridine rings is 1. The Hall–Kier alpha value is -2.08. The first-order valence-electron chi connectivity index (χ1n) is 5.95. The van der Waals surface area contributed by atoms with Crippen molar-refractivity contribution in [2.45, 2.75) is 0 Å². The van der Waals surface area contributed by atoms with Gasteiger partial charge in [0.15, 0.2) is 11.5 Å². The number of benzene rings is 1. The van der Waals surface area contributed by atoms with Crippen molar-refractivity contribution in [3.05, 3.63) is 41.0 Å². The van der Waals surface area contributed by atoms with E-state index in [0.29, 0.717) is 11.5 Å². The molecular weight excluding hydrogens is 322 g/mol. The number of hydrogen-bond donors (Lipinski definition) is 0. The van der Waals surface area contributed by atoms with E-state index in [0.717, 1.165) is 21.5 Å². The number of hydrogen-bond acceptors (Lipinski definition) is 4. The zero-order valence-electron chi connectivity index (χ0n) is 11.0. The molecule has 0 N–H and O–H groups in total. The Balaban J connectivity index is 2.22. The summed E-state index contributed by atoms with van der Waals surface area (Å²) in [6.45, 7) is 0. The summed E-state index contributed by atoms with van der Waals surface area (Å²) in [5, 5.41) is 8.40. The quantitative estimate of drug-likeness (QED) is 0.738. The summed E-state index contributed by atoms with van der Waals surface area (Å²) in [6.07, 6.45) is 1.93. The summed E-state index contributed by atoms with van der Waals surface area (Å²) in [5.41, 5.74) is 1.66. The monoisotopic (exact) mass is 333 g/mol. The van der Waals surface area contributed by atoms with Gasteiger partial charge in [0.2, 0.25) is 0 Å². The maximum Gasteiger partial charge on any atom is 0.168 e. The van der Waals surface area contributed by atoms with Crippen molar-refractivity contribution in [1.29, 1.82) is 0 Å². The third kappa shape index (κ3) is 2.22. The highest BCUT2D eigenvalue weighted by Gasteiger charge is 2.11. The highest BCUT2D eigenvalue weighted by Crippen LogP contribution is 2.29. The predicted molar refractivity (Wildman–Crippen MR) is 79.2 cm³/mol. The van der Waals surface area contributed by atoms with Gasteiger partial charge in [-0.25, -0.2) is 0 Å². The zero-order valence-corrected chi connectivity index (χ0v) is 12.6. The molecular formula is C14H12BrN3O2. The first kappa shape index (κ1) is 12.9. The normalized spacial score (nSPS) is 10.8. The van der Waals surface area contributed by atoms with Crippen LogP contribution in [0.25, 0.3) is 17.0 Å². The fourth-order valence-corrected chi connectivity index (χ4v) is 2.34. The number of rotatable bonds is 3. The van der Waals surface area contributed by atoms with E-state index in [1.165, 1.54) is 0 Å². The van der Waals surface area contributed by atoms with Crippen LogP contribution < -0.4 is 9.47 Å². The molecule has 0 spiro atoms. The van der Waals surface area contributed by atoms with E-state index in [9.17, 15) is 0 Å². The highest BCUT2D eigenvalue weighted by atomic mass is 79.9. The van der Waals surface area contributed by atoms with Gasteiger partial charge in [0.05, 0.1) is 14.2 Å². The molecule has 0 fully saturated rings. The lowest BCUT2D eigenvalue weighted by Crippen LogP contribution is -1.92. The van der Waals surface area contributed by atoms with E-state index in [4.69, 9.17) is 9.47 Å². The van der Waals surface area contributed by atoms with Crippen molar-refractivity contribution in [2.24, 2.45) is 0 Å². The molecule has 0 aliphatic heterocycles. The molecule has 2 aromatic heterocycles. The number of aromatic nitrogens is 3. The zero-order chi connectivity index (χ0) is 14.1. The van der Waals surface area contributed by atoms with Crippen LogP contribution in [0.1, 0.15) is 0 Å². The van der Waals surface area contributed by atoms with Gasteiger partial charge in [-0.15, -0.1) is 10.2 Å². The van der Waals surface area contributed by atoms with Gasteiger partial charge in [-0.3, -0.25) is 4.40 Å². The molecule has 3 aromatic rings. The van der Waals surface area contributed by atoms with Gasteiger partial charge in [0, 0.05) is 22.3 Å². The minimum Gasteiger partial charge on any atom is -0.497 e. The fraction of sp³-hybridized carbons (Fsp3) is 0.143. The van der Waals surface area contributed by atoms with Crippen LogP contribution in [0, 0.1) is 0 Å². The Morgan fingerprint density at radius 1 is 1.00 bits per heavy atom. The van der Waals surface area contributed by atoms with E-state index in [2.05, 4.69) is 26.1 Å². The van der Waals surface area contributed by atoms with Gasteiger partial charge in [0.25, 0.3) is 0 Å². The number of fused-ring (bicyclic) bond motifs is 1. The Morgan fingerprint density at radius 3 is 2.35 bits per heavy atom. The maximum atomic E-state index is 5.28. The predicted octanol–water partition coefficient (Wildman–Crippen LogP) is 3.18. The largest absolute Gasteiger partial charge is 0.497 e. The molecule has 0 atom stereocenters. The molecule has 0 saturated heterocycles. The van der Waals surface area contributed by atoms with Gasteiger partial charge in [0.1, 0.15) is 11.5 Å². The Morgan fingerprint density at radius 2 is 1.70 bits per heavy atom. The molecule has 0 radical (unpaired) electrons. The van der Waals surface area contributed by atoms with Gasteiger partial charge in [-0.05, 0) is 40.2 Å². The Labute approximate surface area is 124 Å². The van der Waals surface area contributed by atoms with Crippen LogP contribution in [0.5, 0.6) is 11.5 Å². The number of methoxy groups -OCH3 is 2. The van der Waals surface area contributed by atoms with Crippen LogP contribution in [0.4, 0.5) is 0 Å². The van der Waals surface area contributed by atoms with Crippen molar-refractivity contribution < 1.29 is 9.47 Å². The second kappa shape index (κ2) is 5.13. The highest BCUT2D eigenvalue weighted by molar-refractivity contribution is 9.10.